The van der Waals surface area contributed by atoms with Crippen molar-refractivity contribution in [2.75, 3.05) is 5.32 Å². The van der Waals surface area contributed by atoms with Crippen LogP contribution in [0, 0.1) is 18.6 Å². The molecule has 0 bridgehead atoms. The van der Waals surface area contributed by atoms with Gasteiger partial charge in [-0.05, 0) is 61.8 Å². The van der Waals surface area contributed by atoms with Gasteiger partial charge < -0.3 is 5.32 Å². The van der Waals surface area contributed by atoms with E-state index < -0.39 is 0 Å². The van der Waals surface area contributed by atoms with Crippen molar-refractivity contribution in [2.45, 2.75) is 40.2 Å². The number of carbonyl (C=O) groups excluding carboxylic acids is 1. The molecule has 26 heavy (non-hydrogen) atoms. The number of nitrogens with one attached hydrogen (secondary N) is 1. The van der Waals surface area contributed by atoms with Crippen LogP contribution in [0.4, 0.5) is 5.69 Å². The molecule has 0 radical (unpaired) electrons. The molecule has 6 nitrogen and oxygen atoms in total. The number of amides is 1. The first kappa shape index (κ1) is 18.1. The summed E-state index contributed by atoms with van der Waals surface area (Å²) in [6.45, 7) is 6.15. The lowest BCUT2D eigenvalue weighted by atomic mass is 10.1. The van der Waals surface area contributed by atoms with E-state index in [0.29, 0.717) is 4.77 Å². The summed E-state index contributed by atoms with van der Waals surface area (Å²) in [5.74, 6) is 0.697. The molecule has 1 amide bonds. The van der Waals surface area contributed by atoms with Gasteiger partial charge in [-0.3, -0.25) is 9.47 Å². The Morgan fingerprint density at radius 1 is 1.23 bits per heavy atom. The predicted molar refractivity (Wildman–Crippen MR) is 105 cm³/mol. The number of nitrogens with zero attached hydrogens (tertiary/aromatic N) is 4. The van der Waals surface area contributed by atoms with E-state index in [1.165, 1.54) is 0 Å². The van der Waals surface area contributed by atoms with Gasteiger partial charge in [-0.15, -0.1) is 0 Å². The van der Waals surface area contributed by atoms with Crippen LogP contribution in [-0.4, -0.2) is 25.0 Å². The number of rotatable bonds is 6. The van der Waals surface area contributed by atoms with E-state index in [4.69, 9.17) is 12.2 Å². The molecule has 0 unspecified atom stereocenters. The van der Waals surface area contributed by atoms with Crippen molar-refractivity contribution in [3.63, 3.8) is 0 Å². The number of aryl methyl sites for hydroxylation is 3. The zero-order chi connectivity index (χ0) is 18.7. The Morgan fingerprint density at radius 2 is 1.96 bits per heavy atom. The van der Waals surface area contributed by atoms with E-state index in [2.05, 4.69) is 17.3 Å². The number of aromatic nitrogens is 4. The van der Waals surface area contributed by atoms with E-state index in [9.17, 15) is 4.79 Å². The fraction of sp³-hybridized carbons (Fsp3) is 0.316. The molecule has 136 valence electrons. The second-order valence-corrected chi connectivity index (χ2v) is 6.71. The zero-order valence-electron chi connectivity index (χ0n) is 15.3. The first-order valence-corrected chi connectivity index (χ1v) is 9.10. The molecule has 7 heteroatoms. The summed E-state index contributed by atoms with van der Waals surface area (Å²) >= 11 is 5.57. The molecular formula is C19H23N5OS. The molecule has 0 aliphatic rings. The van der Waals surface area contributed by atoms with Gasteiger partial charge >= 0.3 is 0 Å². The van der Waals surface area contributed by atoms with Gasteiger partial charge in [-0.1, -0.05) is 19.1 Å². The molecule has 1 aromatic carbocycles. The van der Waals surface area contributed by atoms with E-state index in [1.54, 1.807) is 4.68 Å². The first-order valence-electron chi connectivity index (χ1n) is 8.69. The van der Waals surface area contributed by atoms with Crippen molar-refractivity contribution in [1.82, 2.24) is 19.1 Å². The molecule has 0 fully saturated rings. The standard InChI is InChI=1S/C19H23N5OS/c1-4-7-17-21-23(19(26)24(17)22-10-5-6-11-22)13-18(25)20-16-12-14(2)8-9-15(16)3/h5-6,8-12H,4,7,13H2,1-3H3,(H,20,25). The van der Waals surface area contributed by atoms with E-state index in [1.807, 2.05) is 65.9 Å². The van der Waals surface area contributed by atoms with Crippen molar-refractivity contribution in [3.05, 3.63) is 64.4 Å². The fourth-order valence-corrected chi connectivity index (χ4v) is 3.12. The molecule has 1 N–H and O–H groups in total. The summed E-state index contributed by atoms with van der Waals surface area (Å²) in [5, 5.41) is 7.53. The van der Waals surface area contributed by atoms with Gasteiger partial charge in [0, 0.05) is 24.5 Å². The summed E-state index contributed by atoms with van der Waals surface area (Å²) < 4.78 is 5.84. The lowest BCUT2D eigenvalue weighted by Crippen LogP contribution is -2.20. The Hall–Kier alpha value is -2.67. The summed E-state index contributed by atoms with van der Waals surface area (Å²) in [7, 11) is 0. The Kier molecular flexibility index (Phi) is 5.37. The number of carbonyl (C=O) groups is 1. The van der Waals surface area contributed by atoms with Gasteiger partial charge in [0.25, 0.3) is 0 Å². The van der Waals surface area contributed by atoms with Gasteiger partial charge in [0.05, 0.1) is 0 Å². The Balaban J connectivity index is 1.86. The third-order valence-electron chi connectivity index (χ3n) is 4.14. The molecule has 0 atom stereocenters. The van der Waals surface area contributed by atoms with Gasteiger partial charge in [0.1, 0.15) is 6.54 Å². The van der Waals surface area contributed by atoms with E-state index >= 15 is 0 Å². The summed E-state index contributed by atoms with van der Waals surface area (Å²) in [6.07, 6.45) is 5.56. The van der Waals surface area contributed by atoms with Crippen LogP contribution in [0.5, 0.6) is 0 Å². The van der Waals surface area contributed by atoms with Crippen LogP contribution >= 0.6 is 12.2 Å². The van der Waals surface area contributed by atoms with Gasteiger partial charge in [-0.2, -0.15) is 5.10 Å². The van der Waals surface area contributed by atoms with Crippen LogP contribution in [0.15, 0.2) is 42.7 Å². The number of benzene rings is 1. The molecule has 0 spiro atoms. The smallest absolute Gasteiger partial charge is 0.246 e. The van der Waals surface area contributed by atoms with Crippen LogP contribution < -0.4 is 5.32 Å². The summed E-state index contributed by atoms with van der Waals surface area (Å²) in [4.78, 5) is 12.5. The topological polar surface area (TPSA) is 56.8 Å². The fourth-order valence-electron chi connectivity index (χ4n) is 2.81. The molecule has 0 saturated carbocycles. The molecular weight excluding hydrogens is 346 g/mol. The van der Waals surface area contributed by atoms with E-state index in [-0.39, 0.29) is 12.5 Å². The minimum atomic E-state index is -0.144. The highest BCUT2D eigenvalue weighted by atomic mass is 32.1. The number of hydrogen-bond acceptors (Lipinski definition) is 3. The van der Waals surface area contributed by atoms with Gasteiger partial charge in [0.15, 0.2) is 5.82 Å². The van der Waals surface area contributed by atoms with Crippen molar-refractivity contribution >= 4 is 23.8 Å². The van der Waals surface area contributed by atoms with Crippen molar-refractivity contribution < 1.29 is 4.79 Å². The van der Waals surface area contributed by atoms with Gasteiger partial charge in [-0.25, -0.2) is 9.36 Å². The molecule has 0 saturated heterocycles. The highest BCUT2D eigenvalue weighted by Gasteiger charge is 2.14. The van der Waals surface area contributed by atoms with Crippen LogP contribution in [-0.2, 0) is 17.8 Å². The molecule has 3 aromatic rings. The third-order valence-corrected chi connectivity index (χ3v) is 4.52. The van der Waals surface area contributed by atoms with Crippen LogP contribution in [0.1, 0.15) is 30.3 Å². The molecule has 2 heterocycles. The molecule has 0 aliphatic heterocycles. The SMILES string of the molecule is CCCc1nn(CC(=O)Nc2cc(C)ccc2C)c(=S)n1-n1cccc1. The third kappa shape index (κ3) is 3.77. The Labute approximate surface area is 158 Å². The van der Waals surface area contributed by atoms with Crippen molar-refractivity contribution in [3.8, 4) is 0 Å². The Bertz CT molecular complexity index is 968. The van der Waals surface area contributed by atoms with Crippen LogP contribution in [0.3, 0.4) is 0 Å². The second-order valence-electron chi connectivity index (χ2n) is 6.35. The second kappa shape index (κ2) is 7.70. The molecule has 3 rings (SSSR count). The maximum Gasteiger partial charge on any atom is 0.246 e. The van der Waals surface area contributed by atoms with Crippen LogP contribution in [0.2, 0.25) is 0 Å². The maximum absolute atomic E-state index is 12.5. The predicted octanol–water partition coefficient (Wildman–Crippen LogP) is 3.74. The highest BCUT2D eigenvalue weighted by molar-refractivity contribution is 7.71. The monoisotopic (exact) mass is 369 g/mol. The number of hydrogen-bond donors (Lipinski definition) is 1. The van der Waals surface area contributed by atoms with Crippen molar-refractivity contribution in [1.29, 1.82) is 0 Å². The molecule has 2 aromatic heterocycles. The molecule has 0 aliphatic carbocycles. The minimum Gasteiger partial charge on any atom is -0.324 e. The van der Waals surface area contributed by atoms with Crippen molar-refractivity contribution in [2.24, 2.45) is 0 Å². The average molecular weight is 369 g/mol. The van der Waals surface area contributed by atoms with Gasteiger partial charge in [0.2, 0.25) is 10.7 Å². The maximum atomic E-state index is 12.5. The lowest BCUT2D eigenvalue weighted by molar-refractivity contribution is -0.116. The normalized spacial score (nSPS) is 10.9. The summed E-state index contributed by atoms with van der Waals surface area (Å²) in [5.41, 5.74) is 2.95. The minimum absolute atomic E-state index is 0.0806. The highest BCUT2D eigenvalue weighted by Crippen LogP contribution is 2.16. The average Bonchev–Trinajstić information content (AvgIpc) is 3.20. The van der Waals surface area contributed by atoms with Crippen LogP contribution in [0.25, 0.3) is 0 Å². The lowest BCUT2D eigenvalue weighted by Gasteiger charge is -2.09. The quantitative estimate of drug-likeness (QED) is 0.674. The number of anilines is 1. The Morgan fingerprint density at radius 3 is 2.65 bits per heavy atom. The largest absolute Gasteiger partial charge is 0.324 e. The first-order chi connectivity index (χ1) is 12.5. The summed E-state index contributed by atoms with van der Waals surface area (Å²) in [6, 6.07) is 9.85. The van der Waals surface area contributed by atoms with E-state index in [0.717, 1.165) is 35.5 Å². The zero-order valence-corrected chi connectivity index (χ0v) is 16.1.